The van der Waals surface area contributed by atoms with Crippen LogP contribution in [0.3, 0.4) is 0 Å². The first-order valence-electron chi connectivity index (χ1n) is 7.12. The highest BCUT2D eigenvalue weighted by atomic mass is 16.6. The van der Waals surface area contributed by atoms with E-state index >= 15 is 0 Å². The Morgan fingerprint density at radius 3 is 2.36 bits per heavy atom. The molecule has 0 bridgehead atoms. The first-order valence-corrected chi connectivity index (χ1v) is 7.12. The van der Waals surface area contributed by atoms with E-state index in [1.165, 1.54) is 0 Å². The van der Waals surface area contributed by atoms with E-state index in [0.717, 1.165) is 5.56 Å². The van der Waals surface area contributed by atoms with E-state index in [-0.39, 0.29) is 12.4 Å². The summed E-state index contributed by atoms with van der Waals surface area (Å²) >= 11 is 0. The molecule has 0 saturated heterocycles. The van der Waals surface area contributed by atoms with Gasteiger partial charge in [0, 0.05) is 12.0 Å². The Morgan fingerprint density at radius 2 is 1.73 bits per heavy atom. The summed E-state index contributed by atoms with van der Waals surface area (Å²) in [6.45, 7) is 3.59. The van der Waals surface area contributed by atoms with E-state index in [0.29, 0.717) is 23.5 Å². The van der Waals surface area contributed by atoms with E-state index < -0.39 is 5.97 Å². The highest BCUT2D eigenvalue weighted by molar-refractivity contribution is 5.95. The summed E-state index contributed by atoms with van der Waals surface area (Å²) in [5.41, 5.74) is 1.67. The van der Waals surface area contributed by atoms with Crippen LogP contribution in [-0.4, -0.2) is 18.4 Å². The average molecular weight is 298 g/mol. The molecule has 0 aliphatic heterocycles. The number of rotatable bonds is 6. The number of carbonyl (C=O) groups excluding carboxylic acids is 2. The monoisotopic (exact) mass is 298 g/mol. The van der Waals surface area contributed by atoms with E-state index in [2.05, 4.69) is 0 Å². The van der Waals surface area contributed by atoms with Crippen LogP contribution in [0.15, 0.2) is 48.5 Å². The molecule has 0 aromatic heterocycles. The van der Waals surface area contributed by atoms with Gasteiger partial charge in [-0.25, -0.2) is 4.79 Å². The molecule has 2 aromatic carbocycles. The zero-order chi connectivity index (χ0) is 15.9. The lowest BCUT2D eigenvalue weighted by Crippen LogP contribution is -2.17. The van der Waals surface area contributed by atoms with Crippen molar-refractivity contribution < 1.29 is 19.1 Å². The Balaban J connectivity index is 1.88. The zero-order valence-electron chi connectivity index (χ0n) is 12.7. The number of benzene rings is 2. The molecule has 0 spiro atoms. The van der Waals surface area contributed by atoms with Gasteiger partial charge in [0.25, 0.3) is 0 Å². The third kappa shape index (κ3) is 4.45. The molecule has 4 nitrogen and oxygen atoms in total. The molecular formula is C18H18O4. The highest BCUT2D eigenvalue weighted by Crippen LogP contribution is 2.15. The van der Waals surface area contributed by atoms with Crippen LogP contribution in [0.5, 0.6) is 11.5 Å². The molecule has 0 unspecified atom stereocenters. The molecule has 2 rings (SSSR count). The topological polar surface area (TPSA) is 52.6 Å². The Kier molecular flexibility index (Phi) is 5.31. The normalized spacial score (nSPS) is 10.1. The van der Waals surface area contributed by atoms with Crippen LogP contribution in [0, 0.1) is 6.92 Å². The lowest BCUT2D eigenvalue weighted by atomic mass is 10.1. The summed E-state index contributed by atoms with van der Waals surface area (Å²) in [7, 11) is 0. The van der Waals surface area contributed by atoms with Crippen LogP contribution in [0.4, 0.5) is 0 Å². The van der Waals surface area contributed by atoms with Crippen LogP contribution in [0.2, 0.25) is 0 Å². The molecular weight excluding hydrogens is 280 g/mol. The summed E-state index contributed by atoms with van der Waals surface area (Å²) < 4.78 is 10.5. The molecule has 22 heavy (non-hydrogen) atoms. The number of ether oxygens (including phenoxy) is 2. The van der Waals surface area contributed by atoms with E-state index in [1.807, 2.05) is 25.1 Å². The highest BCUT2D eigenvalue weighted by Gasteiger charge is 2.08. The molecule has 114 valence electrons. The van der Waals surface area contributed by atoms with Crippen molar-refractivity contribution in [2.45, 2.75) is 20.3 Å². The number of hydrogen-bond donors (Lipinski definition) is 0. The minimum atomic E-state index is -0.490. The zero-order valence-corrected chi connectivity index (χ0v) is 12.7. The number of aryl methyl sites for hydroxylation is 1. The van der Waals surface area contributed by atoms with Gasteiger partial charge in [-0.1, -0.05) is 19.1 Å². The lowest BCUT2D eigenvalue weighted by molar-refractivity contribution is -0.136. The minimum absolute atomic E-state index is 0.0562. The molecule has 0 N–H and O–H groups in total. The number of hydrogen-bond acceptors (Lipinski definition) is 4. The molecule has 2 aromatic rings. The van der Waals surface area contributed by atoms with Crippen molar-refractivity contribution in [2.24, 2.45) is 0 Å². The molecule has 0 aliphatic carbocycles. The second-order valence-corrected chi connectivity index (χ2v) is 4.88. The fraction of sp³-hybridized carbons (Fsp3) is 0.222. The van der Waals surface area contributed by atoms with Crippen molar-refractivity contribution >= 4 is 11.8 Å². The molecule has 0 heterocycles. The quantitative estimate of drug-likeness (QED) is 0.465. The second kappa shape index (κ2) is 7.41. The number of carbonyl (C=O) groups is 2. The fourth-order valence-corrected chi connectivity index (χ4v) is 1.92. The van der Waals surface area contributed by atoms with Crippen molar-refractivity contribution in [1.29, 1.82) is 0 Å². The molecule has 0 fully saturated rings. The minimum Gasteiger partial charge on any atom is -0.482 e. The van der Waals surface area contributed by atoms with Crippen LogP contribution < -0.4 is 9.47 Å². The lowest BCUT2D eigenvalue weighted by Gasteiger charge is -2.07. The smallest absolute Gasteiger partial charge is 0.349 e. The molecule has 0 amide bonds. The maximum absolute atomic E-state index is 11.7. The van der Waals surface area contributed by atoms with Crippen LogP contribution >= 0.6 is 0 Å². The predicted octanol–water partition coefficient (Wildman–Crippen LogP) is 3.57. The maximum atomic E-state index is 11.7. The van der Waals surface area contributed by atoms with Crippen molar-refractivity contribution in [2.75, 3.05) is 6.61 Å². The van der Waals surface area contributed by atoms with Crippen LogP contribution in [-0.2, 0) is 4.79 Å². The Bertz CT molecular complexity index is 659. The van der Waals surface area contributed by atoms with Gasteiger partial charge in [-0.3, -0.25) is 4.79 Å². The number of esters is 1. The van der Waals surface area contributed by atoms with Gasteiger partial charge in [0.2, 0.25) is 0 Å². The van der Waals surface area contributed by atoms with Gasteiger partial charge in [0.1, 0.15) is 11.5 Å². The summed E-state index contributed by atoms with van der Waals surface area (Å²) in [6, 6.07) is 13.9. The average Bonchev–Trinajstić information content (AvgIpc) is 2.53. The van der Waals surface area contributed by atoms with Crippen LogP contribution in [0.1, 0.15) is 29.3 Å². The van der Waals surface area contributed by atoms with E-state index in [9.17, 15) is 9.59 Å². The summed E-state index contributed by atoms with van der Waals surface area (Å²) in [6.07, 6.45) is 0.448. The largest absolute Gasteiger partial charge is 0.482 e. The molecule has 0 radical (unpaired) electrons. The van der Waals surface area contributed by atoms with Gasteiger partial charge >= 0.3 is 5.97 Å². The maximum Gasteiger partial charge on any atom is 0.349 e. The van der Waals surface area contributed by atoms with Gasteiger partial charge in [-0.15, -0.1) is 0 Å². The van der Waals surface area contributed by atoms with Crippen molar-refractivity contribution in [1.82, 2.24) is 0 Å². The Labute approximate surface area is 129 Å². The Morgan fingerprint density at radius 1 is 1.00 bits per heavy atom. The molecule has 0 aliphatic rings. The SMILES string of the molecule is CCC(=O)c1ccc(OC(=O)COc2cccc(C)c2)cc1. The first-order chi connectivity index (χ1) is 10.6. The van der Waals surface area contributed by atoms with Gasteiger partial charge in [-0.05, 0) is 48.9 Å². The van der Waals surface area contributed by atoms with Crippen molar-refractivity contribution in [3.63, 3.8) is 0 Å². The van der Waals surface area contributed by atoms with Gasteiger partial charge in [-0.2, -0.15) is 0 Å². The van der Waals surface area contributed by atoms with Crippen molar-refractivity contribution in [3.8, 4) is 11.5 Å². The summed E-state index contributed by atoms with van der Waals surface area (Å²) in [5, 5.41) is 0. The number of Topliss-reactive ketones (excluding diaryl/α,β-unsaturated/α-hetero) is 1. The number of ketones is 1. The van der Waals surface area contributed by atoms with Gasteiger partial charge < -0.3 is 9.47 Å². The third-order valence-corrected chi connectivity index (χ3v) is 3.08. The Hall–Kier alpha value is -2.62. The third-order valence-electron chi connectivity index (χ3n) is 3.08. The standard InChI is InChI=1S/C18H18O4/c1-3-17(19)14-7-9-15(10-8-14)22-18(20)12-21-16-6-4-5-13(2)11-16/h4-11H,3,12H2,1-2H3. The first kappa shape index (κ1) is 15.8. The van der Waals surface area contributed by atoms with Gasteiger partial charge in [0.15, 0.2) is 12.4 Å². The van der Waals surface area contributed by atoms with E-state index in [1.54, 1.807) is 37.3 Å². The van der Waals surface area contributed by atoms with Crippen molar-refractivity contribution in [3.05, 3.63) is 59.7 Å². The molecule has 0 atom stereocenters. The molecule has 0 saturated carbocycles. The second-order valence-electron chi connectivity index (χ2n) is 4.88. The van der Waals surface area contributed by atoms with Crippen LogP contribution in [0.25, 0.3) is 0 Å². The summed E-state index contributed by atoms with van der Waals surface area (Å²) in [4.78, 5) is 23.2. The van der Waals surface area contributed by atoms with E-state index in [4.69, 9.17) is 9.47 Å². The summed E-state index contributed by atoms with van der Waals surface area (Å²) in [5.74, 6) is 0.586. The predicted molar refractivity (Wildman–Crippen MR) is 83.4 cm³/mol. The van der Waals surface area contributed by atoms with Gasteiger partial charge in [0.05, 0.1) is 0 Å². The molecule has 4 heteroatoms. The fourth-order valence-electron chi connectivity index (χ4n) is 1.92.